The predicted molar refractivity (Wildman–Crippen MR) is 65.1 cm³/mol. The van der Waals surface area contributed by atoms with Crippen molar-refractivity contribution >= 4 is 11.8 Å². The highest BCUT2D eigenvalue weighted by Crippen LogP contribution is 2.22. The smallest absolute Gasteiger partial charge is 0.0518 e. The van der Waals surface area contributed by atoms with Gasteiger partial charge in [-0.2, -0.15) is 16.9 Å². The first-order valence-electron chi connectivity index (χ1n) is 5.66. The van der Waals surface area contributed by atoms with Crippen LogP contribution in [-0.2, 0) is 0 Å². The van der Waals surface area contributed by atoms with E-state index in [1.165, 1.54) is 30.0 Å². The summed E-state index contributed by atoms with van der Waals surface area (Å²) in [6, 6.07) is 2.43. The van der Waals surface area contributed by atoms with Crippen LogP contribution in [0.2, 0.25) is 0 Å². The van der Waals surface area contributed by atoms with Gasteiger partial charge >= 0.3 is 0 Å². The van der Waals surface area contributed by atoms with E-state index < -0.39 is 0 Å². The average molecular weight is 225 g/mol. The minimum atomic E-state index is 0.391. The van der Waals surface area contributed by atoms with Crippen molar-refractivity contribution in [2.24, 2.45) is 5.92 Å². The number of nitrogens with zero attached hydrogens (tertiary/aromatic N) is 1. The Morgan fingerprint density at radius 3 is 3.07 bits per heavy atom. The van der Waals surface area contributed by atoms with Gasteiger partial charge in [0.25, 0.3) is 0 Å². The maximum absolute atomic E-state index is 3.97. The summed E-state index contributed by atoms with van der Waals surface area (Å²) in [6.07, 6.45) is 4.55. The highest BCUT2D eigenvalue weighted by Gasteiger charge is 2.15. The van der Waals surface area contributed by atoms with Crippen LogP contribution in [0.4, 0.5) is 0 Å². The molecule has 84 valence electrons. The zero-order valence-electron chi connectivity index (χ0n) is 9.20. The van der Waals surface area contributed by atoms with Crippen molar-refractivity contribution in [1.82, 2.24) is 15.5 Å². The standard InChI is InChI=1S/C11H19N3S/c1-9(11-2-5-13-14-11)12-8-10-3-6-15-7-4-10/h2,5,9-10,12H,3-4,6-8H2,1H3,(H,13,14). The SMILES string of the molecule is CC(NCC1CCSCC1)c1ccn[nH]1. The molecule has 1 aliphatic rings. The molecule has 0 bridgehead atoms. The van der Waals surface area contributed by atoms with Gasteiger partial charge in [-0.15, -0.1) is 0 Å². The second kappa shape index (κ2) is 5.56. The number of aromatic nitrogens is 2. The van der Waals surface area contributed by atoms with Gasteiger partial charge in [0.1, 0.15) is 0 Å². The summed E-state index contributed by atoms with van der Waals surface area (Å²) in [6.45, 7) is 3.33. The van der Waals surface area contributed by atoms with Gasteiger partial charge in [-0.1, -0.05) is 0 Å². The number of H-pyrrole nitrogens is 1. The van der Waals surface area contributed by atoms with Gasteiger partial charge in [0.15, 0.2) is 0 Å². The molecule has 4 heteroatoms. The average Bonchev–Trinajstić information content (AvgIpc) is 2.81. The fourth-order valence-corrected chi connectivity index (χ4v) is 3.12. The molecule has 2 heterocycles. The maximum Gasteiger partial charge on any atom is 0.0518 e. The molecule has 0 aliphatic carbocycles. The van der Waals surface area contributed by atoms with Crippen molar-refractivity contribution in [2.75, 3.05) is 18.1 Å². The van der Waals surface area contributed by atoms with E-state index in [0.717, 1.165) is 12.5 Å². The van der Waals surface area contributed by atoms with Crippen molar-refractivity contribution in [1.29, 1.82) is 0 Å². The lowest BCUT2D eigenvalue weighted by molar-refractivity contribution is 0.418. The molecule has 1 aromatic rings. The highest BCUT2D eigenvalue weighted by molar-refractivity contribution is 7.99. The van der Waals surface area contributed by atoms with E-state index in [0.29, 0.717) is 6.04 Å². The number of hydrogen-bond acceptors (Lipinski definition) is 3. The van der Waals surface area contributed by atoms with E-state index >= 15 is 0 Å². The van der Waals surface area contributed by atoms with E-state index in [9.17, 15) is 0 Å². The van der Waals surface area contributed by atoms with Crippen molar-refractivity contribution < 1.29 is 0 Å². The van der Waals surface area contributed by atoms with Gasteiger partial charge < -0.3 is 5.32 Å². The van der Waals surface area contributed by atoms with Crippen LogP contribution in [-0.4, -0.2) is 28.2 Å². The van der Waals surface area contributed by atoms with E-state index in [2.05, 4.69) is 34.2 Å². The van der Waals surface area contributed by atoms with Crippen LogP contribution < -0.4 is 5.32 Å². The quantitative estimate of drug-likeness (QED) is 0.825. The van der Waals surface area contributed by atoms with Crippen molar-refractivity contribution in [3.8, 4) is 0 Å². The molecule has 0 radical (unpaired) electrons. The summed E-state index contributed by atoms with van der Waals surface area (Å²) >= 11 is 2.09. The molecule has 0 spiro atoms. The Morgan fingerprint density at radius 2 is 2.40 bits per heavy atom. The normalized spacial score (nSPS) is 20.3. The van der Waals surface area contributed by atoms with E-state index in [1.54, 1.807) is 0 Å². The first-order valence-corrected chi connectivity index (χ1v) is 6.82. The third kappa shape index (κ3) is 3.24. The monoisotopic (exact) mass is 225 g/mol. The van der Waals surface area contributed by atoms with Crippen LogP contribution in [0.25, 0.3) is 0 Å². The van der Waals surface area contributed by atoms with Gasteiger partial charge in [0.2, 0.25) is 0 Å². The Bertz CT molecular complexity index is 267. The summed E-state index contributed by atoms with van der Waals surface area (Å²) < 4.78 is 0. The highest BCUT2D eigenvalue weighted by atomic mass is 32.2. The molecule has 1 unspecified atom stereocenters. The molecule has 1 aliphatic heterocycles. The van der Waals surface area contributed by atoms with Crippen LogP contribution in [0.15, 0.2) is 12.3 Å². The fourth-order valence-electron chi connectivity index (χ4n) is 1.91. The Labute approximate surface area is 95.4 Å². The molecule has 1 saturated heterocycles. The van der Waals surface area contributed by atoms with Crippen LogP contribution in [0.5, 0.6) is 0 Å². The van der Waals surface area contributed by atoms with E-state index in [1.807, 2.05) is 12.3 Å². The summed E-state index contributed by atoms with van der Waals surface area (Å²) in [5, 5.41) is 10.6. The molecule has 1 atom stereocenters. The van der Waals surface area contributed by atoms with Crippen LogP contribution in [0.3, 0.4) is 0 Å². The lowest BCUT2D eigenvalue weighted by atomic mass is 10.0. The van der Waals surface area contributed by atoms with Crippen molar-refractivity contribution in [2.45, 2.75) is 25.8 Å². The van der Waals surface area contributed by atoms with Crippen molar-refractivity contribution in [3.05, 3.63) is 18.0 Å². The van der Waals surface area contributed by atoms with Crippen LogP contribution >= 0.6 is 11.8 Å². The Balaban J connectivity index is 1.73. The molecule has 0 aromatic carbocycles. The number of rotatable bonds is 4. The largest absolute Gasteiger partial charge is 0.309 e. The molecule has 1 aromatic heterocycles. The number of nitrogens with one attached hydrogen (secondary N) is 2. The second-order valence-corrected chi connectivity index (χ2v) is 5.42. The predicted octanol–water partition coefficient (Wildman–Crippen LogP) is 2.20. The first-order chi connectivity index (χ1) is 7.36. The lowest BCUT2D eigenvalue weighted by Crippen LogP contribution is -2.28. The van der Waals surface area contributed by atoms with Crippen molar-refractivity contribution in [3.63, 3.8) is 0 Å². The Hall–Kier alpha value is -0.480. The molecular formula is C11H19N3S. The molecule has 0 amide bonds. The zero-order chi connectivity index (χ0) is 10.5. The maximum atomic E-state index is 3.97. The topological polar surface area (TPSA) is 40.7 Å². The Morgan fingerprint density at radius 1 is 1.60 bits per heavy atom. The van der Waals surface area contributed by atoms with Gasteiger partial charge in [-0.25, -0.2) is 0 Å². The molecule has 1 fully saturated rings. The molecule has 3 nitrogen and oxygen atoms in total. The molecule has 2 rings (SSSR count). The third-order valence-corrected chi connectivity index (χ3v) is 4.09. The van der Waals surface area contributed by atoms with Crippen LogP contribution in [0.1, 0.15) is 31.5 Å². The van der Waals surface area contributed by atoms with Gasteiger partial charge in [-0.3, -0.25) is 5.10 Å². The molecular weight excluding hydrogens is 206 g/mol. The molecule has 0 saturated carbocycles. The minimum absolute atomic E-state index is 0.391. The zero-order valence-corrected chi connectivity index (χ0v) is 10.0. The summed E-state index contributed by atoms with van der Waals surface area (Å²) in [4.78, 5) is 0. The van der Waals surface area contributed by atoms with Gasteiger partial charge in [0.05, 0.1) is 5.69 Å². The van der Waals surface area contributed by atoms with E-state index in [-0.39, 0.29) is 0 Å². The van der Waals surface area contributed by atoms with E-state index in [4.69, 9.17) is 0 Å². The van der Waals surface area contributed by atoms with Gasteiger partial charge in [0, 0.05) is 12.2 Å². The fraction of sp³-hybridized carbons (Fsp3) is 0.727. The van der Waals surface area contributed by atoms with Crippen LogP contribution in [0, 0.1) is 5.92 Å². The molecule has 15 heavy (non-hydrogen) atoms. The number of aromatic amines is 1. The number of thioether (sulfide) groups is 1. The van der Waals surface area contributed by atoms with Gasteiger partial charge in [-0.05, 0) is 49.8 Å². The molecule has 2 N–H and O–H groups in total. The summed E-state index contributed by atoms with van der Waals surface area (Å²) in [7, 11) is 0. The summed E-state index contributed by atoms with van der Waals surface area (Å²) in [5.41, 5.74) is 1.18. The third-order valence-electron chi connectivity index (χ3n) is 3.04. The minimum Gasteiger partial charge on any atom is -0.309 e. The summed E-state index contributed by atoms with van der Waals surface area (Å²) in [5.74, 6) is 3.55. The Kier molecular flexibility index (Phi) is 4.09. The number of hydrogen-bond donors (Lipinski definition) is 2. The second-order valence-electron chi connectivity index (χ2n) is 4.20. The first kappa shape index (κ1) is 11.0. The lowest BCUT2D eigenvalue weighted by Gasteiger charge is -2.23.